The molecule has 146 valence electrons. The fourth-order valence-electron chi connectivity index (χ4n) is 2.59. The number of hydrogen-bond acceptors (Lipinski definition) is 6. The Labute approximate surface area is 152 Å². The number of likely N-dealkylation sites (tertiary alicyclic amines) is 1. The molecule has 1 aliphatic rings. The molecule has 0 saturated carbocycles. The molecule has 7 nitrogen and oxygen atoms in total. The average Bonchev–Trinajstić information content (AvgIpc) is 2.85. The standard InChI is InChI=1S/C17H34N2O5Si/c1-17(2,3)24-16(22)19-10-13(14(11-19)12-20)9-18-15(21)23-7-8-25(4,5)6/h12-14,16,22H,7-11H2,1-6H3,(H,18,21). The molecule has 0 aromatic rings. The first-order valence-electron chi connectivity index (χ1n) is 8.87. The van der Waals surface area contributed by atoms with Gasteiger partial charge in [0, 0.05) is 33.6 Å². The van der Waals surface area contributed by atoms with Crippen LogP contribution in [0.4, 0.5) is 4.79 Å². The van der Waals surface area contributed by atoms with Gasteiger partial charge in [-0.2, -0.15) is 0 Å². The van der Waals surface area contributed by atoms with E-state index in [1.54, 1.807) is 4.90 Å². The number of amides is 1. The van der Waals surface area contributed by atoms with Crippen molar-refractivity contribution < 1.29 is 24.2 Å². The highest BCUT2D eigenvalue weighted by Crippen LogP contribution is 2.24. The third kappa shape index (κ3) is 8.80. The first-order chi connectivity index (χ1) is 11.4. The molecule has 1 saturated heterocycles. The van der Waals surface area contributed by atoms with Gasteiger partial charge in [0.25, 0.3) is 0 Å². The Morgan fingerprint density at radius 3 is 2.52 bits per heavy atom. The third-order valence-corrected chi connectivity index (χ3v) is 5.76. The minimum Gasteiger partial charge on any atom is -0.450 e. The van der Waals surface area contributed by atoms with Crippen molar-refractivity contribution in [2.24, 2.45) is 11.8 Å². The largest absolute Gasteiger partial charge is 0.450 e. The fraction of sp³-hybridized carbons (Fsp3) is 0.882. The predicted molar refractivity (Wildman–Crippen MR) is 99.0 cm³/mol. The summed E-state index contributed by atoms with van der Waals surface area (Å²) >= 11 is 0. The lowest BCUT2D eigenvalue weighted by molar-refractivity contribution is -0.234. The zero-order valence-electron chi connectivity index (χ0n) is 16.4. The molecule has 0 aliphatic carbocycles. The first kappa shape index (κ1) is 22.1. The highest BCUT2D eigenvalue weighted by molar-refractivity contribution is 6.76. The van der Waals surface area contributed by atoms with Crippen molar-refractivity contribution in [1.29, 1.82) is 0 Å². The van der Waals surface area contributed by atoms with Crippen LogP contribution in [0.2, 0.25) is 25.7 Å². The second kappa shape index (κ2) is 9.11. The lowest BCUT2D eigenvalue weighted by atomic mass is 9.98. The van der Waals surface area contributed by atoms with Gasteiger partial charge in [-0.15, -0.1) is 0 Å². The normalized spacial score (nSPS) is 23.3. The molecule has 0 spiro atoms. The minimum atomic E-state index is -1.23. The molecule has 3 unspecified atom stereocenters. The Bertz CT molecular complexity index is 447. The molecule has 8 heteroatoms. The lowest BCUT2D eigenvalue weighted by Crippen LogP contribution is -2.41. The van der Waals surface area contributed by atoms with Crippen LogP contribution < -0.4 is 5.32 Å². The van der Waals surface area contributed by atoms with Crippen LogP contribution in [0.3, 0.4) is 0 Å². The van der Waals surface area contributed by atoms with Crippen LogP contribution >= 0.6 is 0 Å². The maximum atomic E-state index is 11.8. The van der Waals surface area contributed by atoms with Crippen molar-refractivity contribution in [2.75, 3.05) is 26.2 Å². The molecule has 1 amide bonds. The van der Waals surface area contributed by atoms with Crippen LogP contribution in [0.5, 0.6) is 0 Å². The third-order valence-electron chi connectivity index (χ3n) is 4.06. The molecule has 1 rings (SSSR count). The van der Waals surface area contributed by atoms with E-state index in [1.807, 2.05) is 20.8 Å². The van der Waals surface area contributed by atoms with Crippen LogP contribution in [0.1, 0.15) is 20.8 Å². The van der Waals surface area contributed by atoms with Gasteiger partial charge in [-0.05, 0) is 32.7 Å². The summed E-state index contributed by atoms with van der Waals surface area (Å²) in [6, 6.07) is 0.922. The van der Waals surface area contributed by atoms with Crippen molar-refractivity contribution >= 4 is 20.5 Å². The van der Waals surface area contributed by atoms with Gasteiger partial charge in [-0.1, -0.05) is 19.6 Å². The van der Waals surface area contributed by atoms with Gasteiger partial charge in [-0.25, -0.2) is 4.79 Å². The summed E-state index contributed by atoms with van der Waals surface area (Å²) in [7, 11) is -1.23. The average molecular weight is 375 g/mol. The van der Waals surface area contributed by atoms with E-state index in [9.17, 15) is 14.7 Å². The number of alkyl carbamates (subject to hydrolysis) is 1. The van der Waals surface area contributed by atoms with Gasteiger partial charge in [0.1, 0.15) is 6.29 Å². The van der Waals surface area contributed by atoms with E-state index in [0.717, 1.165) is 12.3 Å². The van der Waals surface area contributed by atoms with Gasteiger partial charge in [0.2, 0.25) is 6.41 Å². The molecule has 1 fully saturated rings. The highest BCUT2D eigenvalue weighted by atomic mass is 28.3. The van der Waals surface area contributed by atoms with E-state index in [0.29, 0.717) is 26.2 Å². The summed E-state index contributed by atoms with van der Waals surface area (Å²) in [5, 5.41) is 12.9. The quantitative estimate of drug-likeness (QED) is 0.383. The first-order valence-corrected chi connectivity index (χ1v) is 12.6. The number of nitrogens with one attached hydrogen (secondary N) is 1. The van der Waals surface area contributed by atoms with Crippen molar-refractivity contribution in [3.63, 3.8) is 0 Å². The van der Waals surface area contributed by atoms with Crippen LogP contribution in [-0.2, 0) is 14.3 Å². The number of aldehydes is 1. The second-order valence-electron chi connectivity index (χ2n) is 8.90. The number of aliphatic hydroxyl groups is 1. The molecule has 1 aliphatic heterocycles. The monoisotopic (exact) mass is 374 g/mol. The van der Waals surface area contributed by atoms with Gasteiger partial charge < -0.3 is 24.7 Å². The van der Waals surface area contributed by atoms with E-state index >= 15 is 0 Å². The Morgan fingerprint density at radius 2 is 2.00 bits per heavy atom. The summed E-state index contributed by atoms with van der Waals surface area (Å²) < 4.78 is 10.7. The maximum absolute atomic E-state index is 11.8. The minimum absolute atomic E-state index is 0.0692. The smallest absolute Gasteiger partial charge is 0.407 e. The van der Waals surface area contributed by atoms with E-state index in [1.165, 1.54) is 0 Å². The van der Waals surface area contributed by atoms with Crippen molar-refractivity contribution in [3.05, 3.63) is 0 Å². The molecule has 0 bridgehead atoms. The molecule has 3 atom stereocenters. The van der Waals surface area contributed by atoms with E-state index < -0.39 is 26.2 Å². The summed E-state index contributed by atoms with van der Waals surface area (Å²) in [5.74, 6) is -0.319. The summed E-state index contributed by atoms with van der Waals surface area (Å²) in [6.45, 7) is 13.9. The molecule has 0 radical (unpaired) electrons. The van der Waals surface area contributed by atoms with Crippen molar-refractivity contribution in [3.8, 4) is 0 Å². The molecular weight excluding hydrogens is 340 g/mol. The van der Waals surface area contributed by atoms with E-state index in [-0.39, 0.29) is 11.8 Å². The zero-order chi connectivity index (χ0) is 19.3. The molecular formula is C17H34N2O5Si. The molecule has 1 heterocycles. The van der Waals surface area contributed by atoms with E-state index in [2.05, 4.69) is 25.0 Å². The van der Waals surface area contributed by atoms with Gasteiger partial charge in [0.15, 0.2) is 0 Å². The van der Waals surface area contributed by atoms with Crippen LogP contribution in [0, 0.1) is 11.8 Å². The summed E-state index contributed by atoms with van der Waals surface area (Å²) in [5.41, 5.74) is -0.480. The van der Waals surface area contributed by atoms with E-state index in [4.69, 9.17) is 9.47 Å². The van der Waals surface area contributed by atoms with Crippen molar-refractivity contribution in [2.45, 2.75) is 58.5 Å². The SMILES string of the molecule is CC(C)(C)OC(O)N1CC(C=O)C(CNC(=O)OCC[Si](C)(C)C)C1. The van der Waals surface area contributed by atoms with Crippen LogP contribution in [-0.4, -0.2) is 68.7 Å². The Morgan fingerprint density at radius 1 is 1.36 bits per heavy atom. The Hall–Kier alpha value is -0.963. The predicted octanol–water partition coefficient (Wildman–Crippen LogP) is 1.89. The molecule has 2 N–H and O–H groups in total. The molecule has 0 aromatic heterocycles. The Kier molecular flexibility index (Phi) is 8.05. The maximum Gasteiger partial charge on any atom is 0.407 e. The van der Waals surface area contributed by atoms with Crippen LogP contribution in [0.25, 0.3) is 0 Å². The highest BCUT2D eigenvalue weighted by Gasteiger charge is 2.37. The Balaban J connectivity index is 2.42. The lowest BCUT2D eigenvalue weighted by Gasteiger charge is -2.29. The number of rotatable bonds is 8. The van der Waals surface area contributed by atoms with Crippen molar-refractivity contribution in [1.82, 2.24) is 10.2 Å². The topological polar surface area (TPSA) is 88.1 Å². The molecule has 0 aromatic carbocycles. The number of hydrogen-bond donors (Lipinski definition) is 2. The number of carbonyl (C=O) groups excluding carboxylic acids is 2. The number of ether oxygens (including phenoxy) is 2. The zero-order valence-corrected chi connectivity index (χ0v) is 17.4. The molecule has 25 heavy (non-hydrogen) atoms. The van der Waals surface area contributed by atoms with Gasteiger partial charge >= 0.3 is 6.09 Å². The second-order valence-corrected chi connectivity index (χ2v) is 14.5. The number of aliphatic hydroxyl groups excluding tert-OH is 1. The summed E-state index contributed by atoms with van der Waals surface area (Å²) in [4.78, 5) is 24.8. The fourth-order valence-corrected chi connectivity index (χ4v) is 3.30. The summed E-state index contributed by atoms with van der Waals surface area (Å²) in [6.07, 6.45) is -0.629. The number of nitrogens with zero attached hydrogens (tertiary/aromatic N) is 1. The van der Waals surface area contributed by atoms with Crippen LogP contribution in [0.15, 0.2) is 0 Å². The van der Waals surface area contributed by atoms with Gasteiger partial charge in [-0.3, -0.25) is 4.90 Å². The number of carbonyl (C=O) groups is 2. The van der Waals surface area contributed by atoms with Gasteiger partial charge in [0.05, 0.1) is 12.2 Å².